The molecule has 2 unspecified atom stereocenters. The predicted molar refractivity (Wildman–Crippen MR) is 87.0 cm³/mol. The summed E-state index contributed by atoms with van der Waals surface area (Å²) in [5, 5.41) is 3.86. The Morgan fingerprint density at radius 3 is 2.70 bits per heavy atom. The van der Waals surface area contributed by atoms with Crippen molar-refractivity contribution in [3.8, 4) is 0 Å². The molecule has 3 N–H and O–H groups in total. The molecule has 1 saturated heterocycles. The molecule has 20 heavy (non-hydrogen) atoms. The fourth-order valence-corrected chi connectivity index (χ4v) is 4.24. The SMILES string of the molecule is CSC1CCCC(NC(=O)C2(C(N)=S)CCOCC2)C1. The average molecular weight is 316 g/mol. The molecule has 2 fully saturated rings. The van der Waals surface area contributed by atoms with Crippen molar-refractivity contribution < 1.29 is 9.53 Å². The minimum absolute atomic E-state index is 0.0139. The summed E-state index contributed by atoms with van der Waals surface area (Å²) >= 11 is 7.07. The molecule has 0 aromatic carbocycles. The van der Waals surface area contributed by atoms with Gasteiger partial charge in [-0.15, -0.1) is 0 Å². The lowest BCUT2D eigenvalue weighted by molar-refractivity contribution is -0.132. The quantitative estimate of drug-likeness (QED) is 0.775. The Morgan fingerprint density at radius 2 is 2.10 bits per heavy atom. The Balaban J connectivity index is 1.99. The first-order valence-corrected chi connectivity index (χ1v) is 8.99. The molecule has 1 saturated carbocycles. The van der Waals surface area contributed by atoms with Crippen molar-refractivity contribution in [3.63, 3.8) is 0 Å². The molecule has 6 heteroatoms. The molecular formula is C14H24N2O2S2. The van der Waals surface area contributed by atoms with E-state index in [2.05, 4.69) is 11.6 Å². The van der Waals surface area contributed by atoms with Crippen LogP contribution in [-0.4, -0.2) is 41.7 Å². The zero-order chi connectivity index (χ0) is 14.6. The van der Waals surface area contributed by atoms with Crippen LogP contribution in [0.15, 0.2) is 0 Å². The van der Waals surface area contributed by atoms with E-state index >= 15 is 0 Å². The number of thioether (sulfide) groups is 1. The van der Waals surface area contributed by atoms with Crippen LogP contribution in [0.4, 0.5) is 0 Å². The van der Waals surface area contributed by atoms with Crippen LogP contribution < -0.4 is 11.1 Å². The van der Waals surface area contributed by atoms with Crippen LogP contribution in [0.1, 0.15) is 38.5 Å². The standard InChI is InChI=1S/C14H24N2O2S2/c1-20-11-4-2-3-10(9-11)16-13(17)14(12(15)19)5-7-18-8-6-14/h10-11H,2-9H2,1H3,(H2,15,19)(H,16,17). The first-order chi connectivity index (χ1) is 9.58. The largest absolute Gasteiger partial charge is 0.392 e. The summed E-state index contributed by atoms with van der Waals surface area (Å²) in [6.07, 6.45) is 7.90. The van der Waals surface area contributed by atoms with Gasteiger partial charge in [-0.1, -0.05) is 18.6 Å². The lowest BCUT2D eigenvalue weighted by atomic mass is 9.78. The number of hydrogen-bond acceptors (Lipinski definition) is 4. The van der Waals surface area contributed by atoms with E-state index < -0.39 is 5.41 Å². The van der Waals surface area contributed by atoms with Crippen molar-refractivity contribution in [2.24, 2.45) is 11.1 Å². The van der Waals surface area contributed by atoms with E-state index in [1.807, 2.05) is 11.8 Å². The maximum absolute atomic E-state index is 12.7. The highest BCUT2D eigenvalue weighted by atomic mass is 32.2. The van der Waals surface area contributed by atoms with Crippen LogP contribution in [0, 0.1) is 5.41 Å². The predicted octanol–water partition coefficient (Wildman–Crippen LogP) is 1.86. The molecule has 0 aromatic heterocycles. The van der Waals surface area contributed by atoms with E-state index in [0.29, 0.717) is 36.3 Å². The maximum Gasteiger partial charge on any atom is 0.233 e. The molecule has 114 valence electrons. The van der Waals surface area contributed by atoms with Gasteiger partial charge in [0, 0.05) is 24.5 Å². The number of thiocarbonyl (C=S) groups is 1. The molecule has 2 rings (SSSR count). The number of ether oxygens (including phenoxy) is 1. The van der Waals surface area contributed by atoms with E-state index in [1.54, 1.807) is 0 Å². The van der Waals surface area contributed by atoms with Crippen LogP contribution >= 0.6 is 24.0 Å². The van der Waals surface area contributed by atoms with E-state index in [0.717, 1.165) is 12.8 Å². The molecule has 1 aliphatic heterocycles. The number of amides is 1. The van der Waals surface area contributed by atoms with E-state index in [9.17, 15) is 4.79 Å². The number of nitrogens with two attached hydrogens (primary N) is 1. The summed E-state index contributed by atoms with van der Waals surface area (Å²) in [7, 11) is 0. The van der Waals surface area contributed by atoms with Crippen molar-refractivity contribution >= 4 is 34.9 Å². The molecule has 0 bridgehead atoms. The monoisotopic (exact) mass is 316 g/mol. The van der Waals surface area contributed by atoms with Gasteiger partial charge in [0.05, 0.1) is 4.99 Å². The summed E-state index contributed by atoms with van der Waals surface area (Å²) in [6, 6.07) is 0.266. The zero-order valence-electron chi connectivity index (χ0n) is 12.0. The molecule has 0 aromatic rings. The van der Waals surface area contributed by atoms with Crippen molar-refractivity contribution in [2.75, 3.05) is 19.5 Å². The molecule has 4 nitrogen and oxygen atoms in total. The van der Waals surface area contributed by atoms with E-state index in [1.165, 1.54) is 12.8 Å². The van der Waals surface area contributed by atoms with Gasteiger partial charge in [-0.2, -0.15) is 11.8 Å². The second kappa shape index (κ2) is 7.09. The van der Waals surface area contributed by atoms with Gasteiger partial charge in [0.2, 0.25) is 5.91 Å². The normalized spacial score (nSPS) is 29.6. The van der Waals surface area contributed by atoms with E-state index in [4.69, 9.17) is 22.7 Å². The highest BCUT2D eigenvalue weighted by Gasteiger charge is 2.43. The number of hydrogen-bond donors (Lipinski definition) is 2. The lowest BCUT2D eigenvalue weighted by Gasteiger charge is -2.37. The fraction of sp³-hybridized carbons (Fsp3) is 0.857. The molecule has 1 aliphatic carbocycles. The number of carbonyl (C=O) groups excluding carboxylic acids is 1. The maximum atomic E-state index is 12.7. The average Bonchev–Trinajstić information content (AvgIpc) is 2.48. The minimum atomic E-state index is -0.695. The molecule has 2 atom stereocenters. The lowest BCUT2D eigenvalue weighted by Crippen LogP contribution is -2.54. The molecule has 2 aliphatic rings. The third-order valence-corrected chi connectivity index (χ3v) is 6.03. The molecule has 0 spiro atoms. The van der Waals surface area contributed by atoms with Crippen molar-refractivity contribution in [1.82, 2.24) is 5.32 Å². The number of nitrogens with one attached hydrogen (secondary N) is 1. The topological polar surface area (TPSA) is 64.4 Å². The molecular weight excluding hydrogens is 292 g/mol. The van der Waals surface area contributed by atoms with Crippen molar-refractivity contribution in [1.29, 1.82) is 0 Å². The molecule has 0 radical (unpaired) electrons. The van der Waals surface area contributed by atoms with Gasteiger partial charge < -0.3 is 15.8 Å². The number of rotatable bonds is 4. The molecule has 1 heterocycles. The summed E-state index contributed by atoms with van der Waals surface area (Å²) in [4.78, 5) is 13.0. The minimum Gasteiger partial charge on any atom is -0.392 e. The first-order valence-electron chi connectivity index (χ1n) is 7.30. The van der Waals surface area contributed by atoms with Crippen LogP contribution in [0.5, 0.6) is 0 Å². The Hall–Kier alpha value is -0.330. The zero-order valence-corrected chi connectivity index (χ0v) is 13.7. The smallest absolute Gasteiger partial charge is 0.233 e. The van der Waals surface area contributed by atoms with Crippen LogP contribution in [0.3, 0.4) is 0 Å². The van der Waals surface area contributed by atoms with E-state index in [-0.39, 0.29) is 11.9 Å². The Morgan fingerprint density at radius 1 is 1.40 bits per heavy atom. The second-order valence-corrected chi connectivity index (χ2v) is 7.33. The summed E-state index contributed by atoms with van der Waals surface area (Å²) in [6.45, 7) is 1.12. The van der Waals surface area contributed by atoms with Gasteiger partial charge in [0.25, 0.3) is 0 Å². The Labute approximate surface area is 130 Å². The Bertz CT molecular complexity index is 370. The van der Waals surface area contributed by atoms with Crippen LogP contribution in [0.25, 0.3) is 0 Å². The third-order valence-electron chi connectivity index (χ3n) is 4.55. The number of carbonyl (C=O) groups is 1. The summed E-state index contributed by atoms with van der Waals surface area (Å²) < 4.78 is 5.35. The van der Waals surface area contributed by atoms with Gasteiger partial charge in [0.15, 0.2) is 0 Å². The van der Waals surface area contributed by atoms with Gasteiger partial charge in [-0.25, -0.2) is 0 Å². The molecule has 1 amide bonds. The van der Waals surface area contributed by atoms with Crippen LogP contribution in [0.2, 0.25) is 0 Å². The van der Waals surface area contributed by atoms with Crippen molar-refractivity contribution in [3.05, 3.63) is 0 Å². The first kappa shape index (κ1) is 16.0. The highest BCUT2D eigenvalue weighted by molar-refractivity contribution is 7.99. The van der Waals surface area contributed by atoms with Gasteiger partial charge >= 0.3 is 0 Å². The third kappa shape index (κ3) is 3.46. The van der Waals surface area contributed by atoms with Gasteiger partial charge in [-0.05, 0) is 38.4 Å². The highest BCUT2D eigenvalue weighted by Crippen LogP contribution is 2.33. The second-order valence-electron chi connectivity index (χ2n) is 5.75. The summed E-state index contributed by atoms with van der Waals surface area (Å²) in [5.74, 6) is 0.0139. The summed E-state index contributed by atoms with van der Waals surface area (Å²) in [5.41, 5.74) is 5.18. The van der Waals surface area contributed by atoms with Gasteiger partial charge in [-0.3, -0.25) is 4.79 Å². The fourth-order valence-electron chi connectivity index (χ4n) is 3.12. The Kier molecular flexibility index (Phi) is 5.69. The van der Waals surface area contributed by atoms with Gasteiger partial charge in [0.1, 0.15) is 5.41 Å². The van der Waals surface area contributed by atoms with Crippen LogP contribution in [-0.2, 0) is 9.53 Å². The van der Waals surface area contributed by atoms with Crippen molar-refractivity contribution in [2.45, 2.75) is 49.8 Å².